The van der Waals surface area contributed by atoms with Crippen molar-refractivity contribution in [3.05, 3.63) is 12.5 Å². The zero-order valence-electron chi connectivity index (χ0n) is 8.65. The fourth-order valence-corrected chi connectivity index (χ4v) is 1.26. The van der Waals surface area contributed by atoms with Crippen molar-refractivity contribution in [2.45, 2.75) is 20.4 Å². The Morgan fingerprint density at radius 2 is 2.36 bits per heavy atom. The van der Waals surface area contributed by atoms with Crippen LogP contribution in [0.25, 0.3) is 0 Å². The lowest BCUT2D eigenvalue weighted by atomic mass is 9.94. The van der Waals surface area contributed by atoms with Crippen molar-refractivity contribution in [1.29, 1.82) is 0 Å². The van der Waals surface area contributed by atoms with Gasteiger partial charge in [0.25, 0.3) is 0 Å². The number of methoxy groups -OCH3 is 1. The molecule has 14 heavy (non-hydrogen) atoms. The summed E-state index contributed by atoms with van der Waals surface area (Å²) < 4.78 is 6.46. The van der Waals surface area contributed by atoms with Gasteiger partial charge in [0.1, 0.15) is 5.82 Å². The molecule has 0 fully saturated rings. The van der Waals surface area contributed by atoms with Gasteiger partial charge in [-0.05, 0) is 13.8 Å². The molecule has 0 atom stereocenters. The van der Waals surface area contributed by atoms with Crippen molar-refractivity contribution >= 4 is 11.8 Å². The van der Waals surface area contributed by atoms with Gasteiger partial charge in [-0.2, -0.15) is 0 Å². The second-order valence-electron chi connectivity index (χ2n) is 3.85. The molecule has 5 nitrogen and oxygen atoms in total. The number of hydrogen-bond acceptors (Lipinski definition) is 4. The Labute approximate surface area is 82.9 Å². The number of aromatic nitrogens is 2. The van der Waals surface area contributed by atoms with Crippen LogP contribution < -0.4 is 5.73 Å². The van der Waals surface area contributed by atoms with Crippen LogP contribution in [0.5, 0.6) is 0 Å². The van der Waals surface area contributed by atoms with Gasteiger partial charge in [0.2, 0.25) is 0 Å². The van der Waals surface area contributed by atoms with Crippen LogP contribution in [-0.2, 0) is 16.1 Å². The van der Waals surface area contributed by atoms with Gasteiger partial charge < -0.3 is 15.0 Å². The summed E-state index contributed by atoms with van der Waals surface area (Å²) in [5.41, 5.74) is 4.89. The van der Waals surface area contributed by atoms with Crippen molar-refractivity contribution in [1.82, 2.24) is 9.55 Å². The molecule has 5 heteroatoms. The second-order valence-corrected chi connectivity index (χ2v) is 3.85. The molecule has 0 saturated carbocycles. The largest absolute Gasteiger partial charge is 0.469 e. The van der Waals surface area contributed by atoms with Gasteiger partial charge >= 0.3 is 5.97 Å². The van der Waals surface area contributed by atoms with Crippen LogP contribution in [-0.4, -0.2) is 22.6 Å². The Kier molecular flexibility index (Phi) is 2.78. The molecule has 0 aliphatic rings. The first-order chi connectivity index (χ1) is 6.45. The van der Waals surface area contributed by atoms with Crippen LogP contribution in [0.3, 0.4) is 0 Å². The first kappa shape index (κ1) is 10.6. The number of carbonyl (C=O) groups excluding carboxylic acids is 1. The van der Waals surface area contributed by atoms with Crippen LogP contribution in [0.1, 0.15) is 13.8 Å². The Hall–Kier alpha value is -1.52. The summed E-state index contributed by atoms with van der Waals surface area (Å²) in [5, 5.41) is 0. The van der Waals surface area contributed by atoms with Crippen molar-refractivity contribution < 1.29 is 9.53 Å². The molecule has 0 aromatic carbocycles. The molecule has 0 radical (unpaired) electrons. The molecule has 2 N–H and O–H groups in total. The lowest BCUT2D eigenvalue weighted by molar-refractivity contribution is -0.151. The van der Waals surface area contributed by atoms with Crippen molar-refractivity contribution in [2.75, 3.05) is 12.8 Å². The lowest BCUT2D eigenvalue weighted by Crippen LogP contribution is -2.30. The van der Waals surface area contributed by atoms with Gasteiger partial charge in [0, 0.05) is 12.7 Å². The van der Waals surface area contributed by atoms with Gasteiger partial charge in [-0.1, -0.05) is 0 Å². The molecule has 1 aromatic heterocycles. The van der Waals surface area contributed by atoms with Gasteiger partial charge in [0.15, 0.2) is 0 Å². The highest BCUT2D eigenvalue weighted by Gasteiger charge is 2.29. The minimum Gasteiger partial charge on any atom is -0.469 e. The van der Waals surface area contributed by atoms with E-state index in [1.165, 1.54) is 7.11 Å². The van der Waals surface area contributed by atoms with Crippen molar-refractivity contribution in [3.8, 4) is 0 Å². The Bertz CT molecular complexity index is 331. The molecule has 1 rings (SSSR count). The van der Waals surface area contributed by atoms with Crippen molar-refractivity contribution in [3.63, 3.8) is 0 Å². The maximum Gasteiger partial charge on any atom is 0.313 e. The maximum atomic E-state index is 11.4. The fourth-order valence-electron chi connectivity index (χ4n) is 1.26. The first-order valence-corrected chi connectivity index (χ1v) is 4.31. The molecular formula is C9H15N3O2. The van der Waals surface area contributed by atoms with E-state index in [4.69, 9.17) is 10.5 Å². The Balaban J connectivity index is 2.72. The normalized spacial score (nSPS) is 11.4. The molecule has 0 unspecified atom stereocenters. The SMILES string of the molecule is COC(=O)C(C)(C)Cn1cnc(N)c1. The summed E-state index contributed by atoms with van der Waals surface area (Å²) in [7, 11) is 1.38. The molecule has 0 bridgehead atoms. The van der Waals surface area contributed by atoms with E-state index in [0.717, 1.165) is 0 Å². The van der Waals surface area contributed by atoms with Crippen LogP contribution in [0.4, 0.5) is 5.82 Å². The number of rotatable bonds is 3. The highest BCUT2D eigenvalue weighted by Crippen LogP contribution is 2.20. The van der Waals surface area contributed by atoms with E-state index in [-0.39, 0.29) is 5.97 Å². The topological polar surface area (TPSA) is 70.1 Å². The predicted molar refractivity (Wildman–Crippen MR) is 52.4 cm³/mol. The smallest absolute Gasteiger partial charge is 0.313 e. The molecule has 0 aliphatic heterocycles. The second kappa shape index (κ2) is 3.69. The Morgan fingerprint density at radius 3 is 2.79 bits per heavy atom. The predicted octanol–water partition coefficient (Wildman–Crippen LogP) is 0.664. The summed E-state index contributed by atoms with van der Waals surface area (Å²) in [4.78, 5) is 15.2. The highest BCUT2D eigenvalue weighted by molar-refractivity contribution is 5.75. The molecule has 1 heterocycles. The quantitative estimate of drug-likeness (QED) is 0.723. The van der Waals surface area contributed by atoms with Gasteiger partial charge in [-0.15, -0.1) is 0 Å². The molecule has 0 aliphatic carbocycles. The molecule has 0 amide bonds. The van der Waals surface area contributed by atoms with E-state index in [1.807, 2.05) is 13.8 Å². The maximum absolute atomic E-state index is 11.4. The molecule has 0 saturated heterocycles. The number of esters is 1. The third-order valence-electron chi connectivity index (χ3n) is 1.97. The summed E-state index contributed by atoms with van der Waals surface area (Å²) in [5.74, 6) is 0.204. The van der Waals surface area contributed by atoms with E-state index in [2.05, 4.69) is 4.98 Å². The van der Waals surface area contributed by atoms with E-state index >= 15 is 0 Å². The summed E-state index contributed by atoms with van der Waals surface area (Å²) in [6.07, 6.45) is 3.28. The van der Waals surface area contributed by atoms with E-state index < -0.39 is 5.41 Å². The first-order valence-electron chi connectivity index (χ1n) is 4.31. The van der Waals surface area contributed by atoms with Crippen LogP contribution in [0.15, 0.2) is 12.5 Å². The number of imidazole rings is 1. The minimum atomic E-state index is -0.568. The molecule has 0 spiro atoms. The lowest BCUT2D eigenvalue weighted by Gasteiger charge is -2.21. The standard InChI is InChI=1S/C9H15N3O2/c1-9(2,8(13)14-3)5-12-4-7(10)11-6-12/h4,6H,5,10H2,1-3H3. The van der Waals surface area contributed by atoms with E-state index in [1.54, 1.807) is 17.1 Å². The summed E-state index contributed by atoms with van der Waals surface area (Å²) >= 11 is 0. The van der Waals surface area contributed by atoms with Crippen LogP contribution in [0, 0.1) is 5.41 Å². The number of nitrogens with zero attached hydrogens (tertiary/aromatic N) is 2. The monoisotopic (exact) mass is 197 g/mol. The summed E-state index contributed by atoms with van der Waals surface area (Å²) in [6.45, 7) is 4.13. The number of anilines is 1. The number of hydrogen-bond donors (Lipinski definition) is 1. The van der Waals surface area contributed by atoms with Gasteiger partial charge in [-0.25, -0.2) is 4.98 Å². The molecule has 78 valence electrons. The van der Waals surface area contributed by atoms with Gasteiger partial charge in [0.05, 0.1) is 18.9 Å². The molecular weight excluding hydrogens is 182 g/mol. The van der Waals surface area contributed by atoms with E-state index in [9.17, 15) is 4.79 Å². The number of ether oxygens (including phenoxy) is 1. The average molecular weight is 197 g/mol. The summed E-state index contributed by atoms with van der Waals surface area (Å²) in [6, 6.07) is 0. The third kappa shape index (κ3) is 2.25. The number of nitrogens with two attached hydrogens (primary N) is 1. The van der Waals surface area contributed by atoms with Crippen molar-refractivity contribution in [2.24, 2.45) is 5.41 Å². The van der Waals surface area contributed by atoms with E-state index in [0.29, 0.717) is 12.4 Å². The van der Waals surface area contributed by atoms with Gasteiger partial charge in [-0.3, -0.25) is 4.79 Å². The zero-order chi connectivity index (χ0) is 10.8. The van der Waals surface area contributed by atoms with Crippen LogP contribution >= 0.6 is 0 Å². The minimum absolute atomic E-state index is 0.246. The number of carbonyl (C=O) groups is 1. The van der Waals surface area contributed by atoms with Crippen LogP contribution in [0.2, 0.25) is 0 Å². The zero-order valence-corrected chi connectivity index (χ0v) is 8.65. The Morgan fingerprint density at radius 1 is 1.71 bits per heavy atom. The molecule has 1 aromatic rings. The fraction of sp³-hybridized carbons (Fsp3) is 0.556. The third-order valence-corrected chi connectivity index (χ3v) is 1.97. The average Bonchev–Trinajstić information content (AvgIpc) is 2.48. The number of nitrogen functional groups attached to an aromatic ring is 1. The highest BCUT2D eigenvalue weighted by atomic mass is 16.5.